The van der Waals surface area contributed by atoms with Crippen LogP contribution in [0.15, 0.2) is 18.3 Å². The highest BCUT2D eigenvalue weighted by Crippen LogP contribution is 2.32. The molecule has 3 rings (SSSR count). The zero-order valence-corrected chi connectivity index (χ0v) is 10.8. The van der Waals surface area contributed by atoms with E-state index >= 15 is 0 Å². The van der Waals surface area contributed by atoms with Crippen molar-refractivity contribution in [2.24, 2.45) is 0 Å². The van der Waals surface area contributed by atoms with E-state index in [-0.39, 0.29) is 11.9 Å². The molecule has 0 bridgehead atoms. The van der Waals surface area contributed by atoms with Gasteiger partial charge in [0.05, 0.1) is 17.4 Å². The van der Waals surface area contributed by atoms with Crippen LogP contribution in [0.2, 0.25) is 0 Å². The first-order chi connectivity index (χ1) is 9.18. The SMILES string of the molecule is Cc1[nH]nc(C(=O)N2CCCC2c2ccc[nH]2)c1N. The molecule has 0 spiro atoms. The minimum absolute atomic E-state index is 0.0962. The van der Waals surface area contributed by atoms with Gasteiger partial charge < -0.3 is 15.6 Å². The summed E-state index contributed by atoms with van der Waals surface area (Å²) in [5.41, 5.74) is 8.46. The second kappa shape index (κ2) is 4.46. The Labute approximate surface area is 111 Å². The van der Waals surface area contributed by atoms with Crippen molar-refractivity contribution in [1.29, 1.82) is 0 Å². The molecule has 1 unspecified atom stereocenters. The normalized spacial score (nSPS) is 19.0. The monoisotopic (exact) mass is 259 g/mol. The van der Waals surface area contributed by atoms with Crippen molar-refractivity contribution in [2.75, 3.05) is 12.3 Å². The zero-order chi connectivity index (χ0) is 13.4. The summed E-state index contributed by atoms with van der Waals surface area (Å²) in [4.78, 5) is 17.6. The Balaban J connectivity index is 1.89. The minimum atomic E-state index is -0.0982. The van der Waals surface area contributed by atoms with Gasteiger partial charge in [0.25, 0.3) is 5.91 Å². The third-order valence-corrected chi connectivity index (χ3v) is 3.69. The molecule has 4 N–H and O–H groups in total. The topological polar surface area (TPSA) is 90.8 Å². The summed E-state index contributed by atoms with van der Waals surface area (Å²) in [5.74, 6) is -0.0982. The van der Waals surface area contributed by atoms with Crippen LogP contribution in [0.3, 0.4) is 0 Å². The first-order valence-electron chi connectivity index (χ1n) is 6.43. The van der Waals surface area contributed by atoms with Crippen LogP contribution in [0.4, 0.5) is 5.69 Å². The number of aromatic nitrogens is 3. The van der Waals surface area contributed by atoms with Gasteiger partial charge in [-0.2, -0.15) is 5.10 Å². The predicted molar refractivity (Wildman–Crippen MR) is 71.5 cm³/mol. The van der Waals surface area contributed by atoms with Gasteiger partial charge in [0.2, 0.25) is 0 Å². The molecule has 6 nitrogen and oxygen atoms in total. The largest absolute Gasteiger partial charge is 0.395 e. The maximum Gasteiger partial charge on any atom is 0.277 e. The van der Waals surface area contributed by atoms with Gasteiger partial charge in [-0.05, 0) is 31.9 Å². The van der Waals surface area contributed by atoms with E-state index in [1.54, 1.807) is 0 Å². The lowest BCUT2D eigenvalue weighted by molar-refractivity contribution is 0.0728. The zero-order valence-electron chi connectivity index (χ0n) is 10.8. The molecule has 100 valence electrons. The number of nitrogens with one attached hydrogen (secondary N) is 2. The van der Waals surface area contributed by atoms with Gasteiger partial charge in [0.1, 0.15) is 0 Å². The first-order valence-corrected chi connectivity index (χ1v) is 6.43. The Hall–Kier alpha value is -2.24. The molecule has 1 fully saturated rings. The number of rotatable bonds is 2. The van der Waals surface area contributed by atoms with Crippen LogP contribution >= 0.6 is 0 Å². The lowest BCUT2D eigenvalue weighted by Gasteiger charge is -2.23. The molecule has 2 aromatic rings. The Kier molecular flexibility index (Phi) is 2.77. The fourth-order valence-electron chi connectivity index (χ4n) is 2.62. The minimum Gasteiger partial charge on any atom is -0.395 e. The highest BCUT2D eigenvalue weighted by atomic mass is 16.2. The van der Waals surface area contributed by atoms with Crippen molar-refractivity contribution in [3.63, 3.8) is 0 Å². The van der Waals surface area contributed by atoms with E-state index in [9.17, 15) is 4.79 Å². The molecular formula is C13H17N5O. The maximum atomic E-state index is 12.5. The van der Waals surface area contributed by atoms with Gasteiger partial charge in [0.15, 0.2) is 5.69 Å². The number of amides is 1. The molecule has 0 aliphatic carbocycles. The van der Waals surface area contributed by atoms with Crippen LogP contribution in [0.5, 0.6) is 0 Å². The molecule has 0 aromatic carbocycles. The maximum absolute atomic E-state index is 12.5. The standard InChI is InChI=1S/C13H17N5O/c1-8-11(14)12(17-16-8)13(19)18-7-3-5-10(18)9-4-2-6-15-9/h2,4,6,10,15H,3,5,7,14H2,1H3,(H,16,17). The van der Waals surface area contributed by atoms with Crippen molar-refractivity contribution in [2.45, 2.75) is 25.8 Å². The van der Waals surface area contributed by atoms with Crippen molar-refractivity contribution in [3.05, 3.63) is 35.4 Å². The summed E-state index contributed by atoms with van der Waals surface area (Å²) in [5, 5.41) is 6.78. The molecule has 1 atom stereocenters. The lowest BCUT2D eigenvalue weighted by Crippen LogP contribution is -2.31. The van der Waals surface area contributed by atoms with Crippen molar-refractivity contribution >= 4 is 11.6 Å². The number of hydrogen-bond acceptors (Lipinski definition) is 3. The molecule has 6 heteroatoms. The second-order valence-electron chi connectivity index (χ2n) is 4.89. The molecule has 0 radical (unpaired) electrons. The Morgan fingerprint density at radius 3 is 3.05 bits per heavy atom. The van der Waals surface area contributed by atoms with E-state index in [1.165, 1.54) is 0 Å². The summed E-state index contributed by atoms with van der Waals surface area (Å²) in [7, 11) is 0. The number of nitrogens with two attached hydrogens (primary N) is 1. The van der Waals surface area contributed by atoms with E-state index in [0.29, 0.717) is 11.4 Å². The number of likely N-dealkylation sites (tertiary alicyclic amines) is 1. The number of nitrogen functional groups attached to an aromatic ring is 1. The Morgan fingerprint density at radius 2 is 2.42 bits per heavy atom. The number of nitrogens with zero attached hydrogens (tertiary/aromatic N) is 2. The van der Waals surface area contributed by atoms with Crippen LogP contribution in [0.25, 0.3) is 0 Å². The number of hydrogen-bond donors (Lipinski definition) is 3. The van der Waals surface area contributed by atoms with Gasteiger partial charge in [-0.1, -0.05) is 0 Å². The molecule has 3 heterocycles. The van der Waals surface area contributed by atoms with Crippen LogP contribution < -0.4 is 5.73 Å². The summed E-state index contributed by atoms with van der Waals surface area (Å²) in [6, 6.07) is 4.05. The van der Waals surface area contributed by atoms with Crippen LogP contribution in [-0.4, -0.2) is 32.5 Å². The first kappa shape index (κ1) is 11.8. The van der Waals surface area contributed by atoms with Crippen LogP contribution in [-0.2, 0) is 0 Å². The Bertz CT molecular complexity index is 586. The quantitative estimate of drug-likeness (QED) is 0.765. The summed E-state index contributed by atoms with van der Waals surface area (Å²) in [6.07, 6.45) is 3.84. The number of aryl methyl sites for hydroxylation is 1. The third-order valence-electron chi connectivity index (χ3n) is 3.69. The van der Waals surface area contributed by atoms with Gasteiger partial charge >= 0.3 is 0 Å². The highest BCUT2D eigenvalue weighted by molar-refractivity contribution is 5.98. The Morgan fingerprint density at radius 1 is 1.58 bits per heavy atom. The second-order valence-corrected chi connectivity index (χ2v) is 4.89. The van der Waals surface area contributed by atoms with Gasteiger partial charge in [-0.3, -0.25) is 9.89 Å². The average Bonchev–Trinajstić information content (AvgIpc) is 3.11. The van der Waals surface area contributed by atoms with Crippen molar-refractivity contribution in [3.8, 4) is 0 Å². The van der Waals surface area contributed by atoms with E-state index in [0.717, 1.165) is 30.8 Å². The molecule has 1 aliphatic heterocycles. The lowest BCUT2D eigenvalue weighted by atomic mass is 10.1. The van der Waals surface area contributed by atoms with E-state index in [2.05, 4.69) is 15.2 Å². The molecule has 1 aliphatic rings. The molecule has 19 heavy (non-hydrogen) atoms. The van der Waals surface area contributed by atoms with Crippen LogP contribution in [0, 0.1) is 6.92 Å². The number of anilines is 1. The van der Waals surface area contributed by atoms with E-state index < -0.39 is 0 Å². The van der Waals surface area contributed by atoms with Gasteiger partial charge in [-0.15, -0.1) is 0 Å². The fourth-order valence-corrected chi connectivity index (χ4v) is 2.62. The molecule has 1 amide bonds. The van der Waals surface area contributed by atoms with Crippen LogP contribution in [0.1, 0.15) is 40.8 Å². The molecule has 2 aromatic heterocycles. The predicted octanol–water partition coefficient (Wildman–Crippen LogP) is 1.61. The summed E-state index contributed by atoms with van der Waals surface area (Å²) < 4.78 is 0. The molecular weight excluding hydrogens is 242 g/mol. The smallest absolute Gasteiger partial charge is 0.277 e. The van der Waals surface area contributed by atoms with Gasteiger partial charge in [-0.25, -0.2) is 0 Å². The highest BCUT2D eigenvalue weighted by Gasteiger charge is 2.33. The molecule has 1 saturated heterocycles. The van der Waals surface area contributed by atoms with Gasteiger partial charge in [0, 0.05) is 18.4 Å². The third kappa shape index (κ3) is 1.89. The van der Waals surface area contributed by atoms with E-state index in [4.69, 9.17) is 5.73 Å². The summed E-state index contributed by atoms with van der Waals surface area (Å²) >= 11 is 0. The number of aromatic amines is 2. The summed E-state index contributed by atoms with van der Waals surface area (Å²) in [6.45, 7) is 2.55. The number of carbonyl (C=O) groups excluding carboxylic acids is 1. The van der Waals surface area contributed by atoms with E-state index in [1.807, 2.05) is 30.2 Å². The fraction of sp³-hybridized carbons (Fsp3) is 0.385. The average molecular weight is 259 g/mol. The number of carbonyl (C=O) groups is 1. The number of H-pyrrole nitrogens is 2. The molecule has 0 saturated carbocycles. The van der Waals surface area contributed by atoms with Crippen molar-refractivity contribution in [1.82, 2.24) is 20.1 Å². The van der Waals surface area contributed by atoms with Crippen molar-refractivity contribution < 1.29 is 4.79 Å².